The van der Waals surface area contributed by atoms with Crippen molar-refractivity contribution in [3.8, 4) is 5.75 Å². The van der Waals surface area contributed by atoms with Gasteiger partial charge in [0.1, 0.15) is 0 Å². The standard InChI is InChI=1S/C23H26N4O2.2ClH/c1-15-6-3-4-7-18(15)22-19-14-26(12-16(19)11-25(22)2)13-17-10-21(29)27-9-5-8-20(28)23(27)24-17;;/h3-10,16,19,22,28H,11-14H2,1-2H3;2*1H/t16-,19+,22+;;/m0../s1. The summed E-state index contributed by atoms with van der Waals surface area (Å²) in [5.41, 5.74) is 3.67. The van der Waals surface area contributed by atoms with Gasteiger partial charge in [0, 0.05) is 44.5 Å². The maximum absolute atomic E-state index is 12.4. The Morgan fingerprint density at radius 3 is 2.65 bits per heavy atom. The maximum atomic E-state index is 12.4. The molecule has 0 radical (unpaired) electrons. The van der Waals surface area contributed by atoms with Gasteiger partial charge >= 0.3 is 0 Å². The minimum Gasteiger partial charge on any atom is -0.504 e. The first kappa shape index (κ1) is 23.5. The Hall–Kier alpha value is -2.12. The fourth-order valence-electron chi connectivity index (χ4n) is 5.33. The first-order chi connectivity index (χ1) is 14.0. The largest absolute Gasteiger partial charge is 0.504 e. The molecule has 0 bridgehead atoms. The summed E-state index contributed by atoms with van der Waals surface area (Å²) >= 11 is 0. The van der Waals surface area contributed by atoms with Crippen molar-refractivity contribution in [2.45, 2.75) is 19.5 Å². The smallest absolute Gasteiger partial charge is 0.258 e. The molecule has 2 aliphatic heterocycles. The Morgan fingerprint density at radius 1 is 1.10 bits per heavy atom. The molecule has 6 nitrogen and oxygen atoms in total. The second kappa shape index (κ2) is 9.17. The fraction of sp³-hybridized carbons (Fsp3) is 0.391. The maximum Gasteiger partial charge on any atom is 0.258 e. The number of hydrogen-bond donors (Lipinski definition) is 1. The predicted octanol–water partition coefficient (Wildman–Crippen LogP) is 3.29. The molecule has 3 aromatic rings. The number of aryl methyl sites for hydroxylation is 1. The molecule has 2 aromatic heterocycles. The van der Waals surface area contributed by atoms with E-state index in [1.807, 2.05) is 0 Å². The summed E-state index contributed by atoms with van der Waals surface area (Å²) in [4.78, 5) is 21.9. The van der Waals surface area contributed by atoms with E-state index in [0.717, 1.165) is 25.3 Å². The molecule has 2 saturated heterocycles. The molecule has 8 heteroatoms. The molecule has 3 atom stereocenters. The first-order valence-corrected chi connectivity index (χ1v) is 10.2. The summed E-state index contributed by atoms with van der Waals surface area (Å²) in [6, 6.07) is 13.9. The van der Waals surface area contributed by atoms with E-state index in [-0.39, 0.29) is 36.1 Å². The minimum absolute atomic E-state index is 0. The predicted molar refractivity (Wildman–Crippen MR) is 126 cm³/mol. The topological polar surface area (TPSA) is 61.1 Å². The van der Waals surface area contributed by atoms with E-state index in [2.05, 4.69) is 53.0 Å². The molecule has 0 unspecified atom stereocenters. The van der Waals surface area contributed by atoms with Gasteiger partial charge in [-0.3, -0.25) is 19.0 Å². The van der Waals surface area contributed by atoms with E-state index in [1.54, 1.807) is 24.4 Å². The molecule has 0 spiro atoms. The third-order valence-corrected chi connectivity index (χ3v) is 6.59. The summed E-state index contributed by atoms with van der Waals surface area (Å²) in [6.45, 7) is 5.93. The number of likely N-dealkylation sites (tertiary alicyclic amines) is 2. The summed E-state index contributed by atoms with van der Waals surface area (Å²) in [5.74, 6) is 1.24. The number of rotatable bonds is 3. The molecule has 0 amide bonds. The lowest BCUT2D eigenvalue weighted by Gasteiger charge is -2.28. The quantitative estimate of drug-likeness (QED) is 0.646. The molecule has 2 fully saturated rings. The molecule has 1 N–H and O–H groups in total. The highest BCUT2D eigenvalue weighted by atomic mass is 35.5. The lowest BCUT2D eigenvalue weighted by molar-refractivity contribution is 0.223. The molecule has 0 aliphatic carbocycles. The molecule has 1 aromatic carbocycles. The molecular weight excluding hydrogens is 435 g/mol. The highest BCUT2D eigenvalue weighted by molar-refractivity contribution is 5.85. The molecule has 0 saturated carbocycles. The van der Waals surface area contributed by atoms with E-state index in [1.165, 1.54) is 15.5 Å². The Morgan fingerprint density at radius 2 is 1.87 bits per heavy atom. The van der Waals surface area contributed by atoms with Gasteiger partial charge in [0.2, 0.25) is 0 Å². The molecule has 166 valence electrons. The van der Waals surface area contributed by atoms with Gasteiger partial charge in [-0.15, -0.1) is 24.8 Å². The summed E-state index contributed by atoms with van der Waals surface area (Å²) < 4.78 is 1.39. The number of halogens is 2. The van der Waals surface area contributed by atoms with Crippen LogP contribution in [-0.4, -0.2) is 51.0 Å². The van der Waals surface area contributed by atoms with E-state index in [9.17, 15) is 9.90 Å². The molecule has 2 aliphatic rings. The Kier molecular flexibility index (Phi) is 6.96. The number of hydrogen-bond acceptors (Lipinski definition) is 5. The molecule has 5 rings (SSSR count). The number of aromatic nitrogens is 2. The van der Waals surface area contributed by atoms with Crippen LogP contribution >= 0.6 is 24.8 Å². The molecule has 4 heterocycles. The van der Waals surface area contributed by atoms with Crippen molar-refractivity contribution in [2.24, 2.45) is 11.8 Å². The van der Waals surface area contributed by atoms with Crippen molar-refractivity contribution in [3.05, 3.63) is 75.8 Å². The van der Waals surface area contributed by atoms with Gasteiger partial charge in [0.15, 0.2) is 11.4 Å². The van der Waals surface area contributed by atoms with Gasteiger partial charge in [0.05, 0.1) is 5.69 Å². The van der Waals surface area contributed by atoms with Crippen LogP contribution < -0.4 is 5.56 Å². The summed E-state index contributed by atoms with van der Waals surface area (Å²) in [6.07, 6.45) is 1.64. The number of pyridine rings is 1. The number of aromatic hydroxyl groups is 1. The van der Waals surface area contributed by atoms with Gasteiger partial charge in [-0.1, -0.05) is 24.3 Å². The summed E-state index contributed by atoms with van der Waals surface area (Å²) in [7, 11) is 2.23. The van der Waals surface area contributed by atoms with Crippen molar-refractivity contribution in [2.75, 3.05) is 26.7 Å². The Bertz CT molecular complexity index is 1140. The zero-order valence-corrected chi connectivity index (χ0v) is 19.3. The monoisotopic (exact) mass is 462 g/mol. The first-order valence-electron chi connectivity index (χ1n) is 10.2. The van der Waals surface area contributed by atoms with Crippen molar-refractivity contribution < 1.29 is 5.11 Å². The van der Waals surface area contributed by atoms with Gasteiger partial charge < -0.3 is 5.11 Å². The SMILES string of the molecule is Cc1ccccc1[C@@H]1[C@@H]2CN(Cc3cc(=O)n4cccc(O)c4n3)C[C@@H]2CN1C.Cl.Cl. The van der Waals surface area contributed by atoms with Crippen LogP contribution in [0.5, 0.6) is 5.75 Å². The zero-order valence-electron chi connectivity index (χ0n) is 17.6. The van der Waals surface area contributed by atoms with E-state index < -0.39 is 0 Å². The number of fused-ring (bicyclic) bond motifs is 2. The molecule has 31 heavy (non-hydrogen) atoms. The van der Waals surface area contributed by atoms with Gasteiger partial charge in [-0.2, -0.15) is 0 Å². The highest BCUT2D eigenvalue weighted by Gasteiger charge is 2.46. The highest BCUT2D eigenvalue weighted by Crippen LogP contribution is 2.45. The zero-order chi connectivity index (χ0) is 20.1. The van der Waals surface area contributed by atoms with Crippen LogP contribution in [0.4, 0.5) is 0 Å². The van der Waals surface area contributed by atoms with E-state index >= 15 is 0 Å². The van der Waals surface area contributed by atoms with Crippen LogP contribution in [0.1, 0.15) is 22.9 Å². The number of nitrogens with zero attached hydrogens (tertiary/aromatic N) is 4. The van der Waals surface area contributed by atoms with E-state index in [0.29, 0.717) is 30.1 Å². The van der Waals surface area contributed by atoms with Gasteiger partial charge in [0.25, 0.3) is 5.56 Å². The van der Waals surface area contributed by atoms with Crippen molar-refractivity contribution in [3.63, 3.8) is 0 Å². The minimum atomic E-state index is -0.155. The average molecular weight is 463 g/mol. The van der Waals surface area contributed by atoms with Crippen LogP contribution in [0, 0.1) is 18.8 Å². The Balaban J connectivity index is 0.00000136. The van der Waals surface area contributed by atoms with Gasteiger partial charge in [-0.05, 0) is 49.1 Å². The Labute approximate surface area is 194 Å². The lowest BCUT2D eigenvalue weighted by Crippen LogP contribution is -2.30. The van der Waals surface area contributed by atoms with E-state index in [4.69, 9.17) is 0 Å². The van der Waals surface area contributed by atoms with Crippen LogP contribution in [-0.2, 0) is 6.54 Å². The number of benzene rings is 1. The van der Waals surface area contributed by atoms with Crippen molar-refractivity contribution in [1.29, 1.82) is 0 Å². The second-order valence-electron chi connectivity index (χ2n) is 8.53. The van der Waals surface area contributed by atoms with Crippen LogP contribution in [0.3, 0.4) is 0 Å². The van der Waals surface area contributed by atoms with Crippen LogP contribution in [0.25, 0.3) is 5.65 Å². The van der Waals surface area contributed by atoms with Crippen LogP contribution in [0.15, 0.2) is 53.5 Å². The lowest BCUT2D eigenvalue weighted by atomic mass is 9.88. The third kappa shape index (κ3) is 4.17. The van der Waals surface area contributed by atoms with Crippen molar-refractivity contribution in [1.82, 2.24) is 19.2 Å². The molecular formula is C23H28Cl2N4O2. The van der Waals surface area contributed by atoms with Crippen LogP contribution in [0.2, 0.25) is 0 Å². The average Bonchev–Trinajstić information content (AvgIpc) is 3.19. The van der Waals surface area contributed by atoms with Crippen molar-refractivity contribution >= 4 is 30.5 Å². The normalized spacial score (nSPS) is 23.4. The summed E-state index contributed by atoms with van der Waals surface area (Å²) in [5, 5.41) is 10.1. The third-order valence-electron chi connectivity index (χ3n) is 6.59. The fourth-order valence-corrected chi connectivity index (χ4v) is 5.33. The van der Waals surface area contributed by atoms with Gasteiger partial charge in [-0.25, -0.2) is 4.98 Å². The second-order valence-corrected chi connectivity index (χ2v) is 8.53.